The van der Waals surface area contributed by atoms with Gasteiger partial charge in [0, 0.05) is 24.1 Å². The van der Waals surface area contributed by atoms with Gasteiger partial charge in [-0.3, -0.25) is 9.59 Å². The molecular weight excluding hydrogens is 466 g/mol. The highest BCUT2D eigenvalue weighted by atomic mass is 16.5. The number of esters is 2. The van der Waals surface area contributed by atoms with E-state index in [0.29, 0.717) is 22.2 Å². The van der Waals surface area contributed by atoms with Crippen LogP contribution in [0.1, 0.15) is 54.1 Å². The number of benzene rings is 1. The summed E-state index contributed by atoms with van der Waals surface area (Å²) in [4.78, 5) is 47.7. The monoisotopic (exact) mass is 495 g/mol. The molecule has 1 amide bonds. The quantitative estimate of drug-likeness (QED) is 0.231. The highest BCUT2D eigenvalue weighted by molar-refractivity contribution is 5.97. The van der Waals surface area contributed by atoms with Gasteiger partial charge in [-0.2, -0.15) is 9.97 Å². The number of aromatic nitrogens is 3. The third-order valence-corrected chi connectivity index (χ3v) is 5.48. The number of ether oxygens (including phenoxy) is 2. The van der Waals surface area contributed by atoms with Gasteiger partial charge >= 0.3 is 11.9 Å². The van der Waals surface area contributed by atoms with Crippen molar-refractivity contribution >= 4 is 34.8 Å². The van der Waals surface area contributed by atoms with Crippen LogP contribution < -0.4 is 11.1 Å². The topological polar surface area (TPSA) is 170 Å². The second kappa shape index (κ2) is 11.8. The number of hydrogen-bond donors (Lipinski definition) is 4. The van der Waals surface area contributed by atoms with Crippen LogP contribution in [0.25, 0.3) is 11.0 Å². The molecule has 2 atom stereocenters. The first-order chi connectivity index (χ1) is 17.3. The number of hydrogen-bond acceptors (Lipinski definition) is 9. The van der Waals surface area contributed by atoms with Crippen LogP contribution in [0.15, 0.2) is 43.1 Å². The molecule has 0 bridgehead atoms. The second-order valence-electron chi connectivity index (χ2n) is 7.83. The van der Waals surface area contributed by atoms with Gasteiger partial charge in [0.25, 0.3) is 5.91 Å². The standard InChI is InChI=1S/C25H29N5O6/c1-4-16(17-13-27-21-20(17)23(33)30-25(26)29-21)14-7-9-15(10-8-14)22(32)28-18(24(34)36-6-3)11-12-19(31)35-5-2/h4,7-10,13,16,18H,1,5-6,11-12H2,2-3H3,(H,28,32)(H4,26,27,29,30,33)/t16?,18-/m1/s1. The number of fused-ring (bicyclic) bond motifs is 1. The minimum absolute atomic E-state index is 0.0373. The van der Waals surface area contributed by atoms with Crippen molar-refractivity contribution in [2.75, 3.05) is 18.9 Å². The van der Waals surface area contributed by atoms with E-state index in [-0.39, 0.29) is 43.8 Å². The minimum Gasteiger partial charge on any atom is -0.493 e. The fraction of sp³-hybridized carbons (Fsp3) is 0.320. The molecule has 2 heterocycles. The number of rotatable bonds is 11. The van der Waals surface area contributed by atoms with Crippen molar-refractivity contribution in [2.45, 2.75) is 38.6 Å². The molecule has 0 saturated heterocycles. The van der Waals surface area contributed by atoms with Crippen molar-refractivity contribution in [2.24, 2.45) is 0 Å². The summed E-state index contributed by atoms with van der Waals surface area (Å²) in [6.07, 6.45) is 3.40. The van der Waals surface area contributed by atoms with Gasteiger partial charge in [0.15, 0.2) is 0 Å². The number of carbonyl (C=O) groups is 3. The molecule has 0 spiro atoms. The van der Waals surface area contributed by atoms with Gasteiger partial charge in [0.2, 0.25) is 11.8 Å². The van der Waals surface area contributed by atoms with E-state index < -0.39 is 23.9 Å². The van der Waals surface area contributed by atoms with Crippen LogP contribution in [0, 0.1) is 0 Å². The van der Waals surface area contributed by atoms with Gasteiger partial charge in [0.1, 0.15) is 11.7 Å². The number of nitrogens with one attached hydrogen (secondary N) is 2. The number of allylic oxidation sites excluding steroid dienone is 1. The van der Waals surface area contributed by atoms with Gasteiger partial charge in [-0.25, -0.2) is 4.79 Å². The molecule has 0 aliphatic carbocycles. The summed E-state index contributed by atoms with van der Waals surface area (Å²) >= 11 is 0. The Morgan fingerprint density at radius 2 is 1.86 bits per heavy atom. The first-order valence-electron chi connectivity index (χ1n) is 11.5. The van der Waals surface area contributed by atoms with Crippen LogP contribution in [0.5, 0.6) is 5.88 Å². The zero-order valence-electron chi connectivity index (χ0n) is 20.1. The summed E-state index contributed by atoms with van der Waals surface area (Å²) in [7, 11) is 0. The molecule has 1 unspecified atom stereocenters. The Hall–Kier alpha value is -4.41. The summed E-state index contributed by atoms with van der Waals surface area (Å²) < 4.78 is 9.93. The smallest absolute Gasteiger partial charge is 0.328 e. The Labute approximate surface area is 207 Å². The van der Waals surface area contributed by atoms with Crippen LogP contribution in [0.4, 0.5) is 5.95 Å². The maximum atomic E-state index is 12.8. The van der Waals surface area contributed by atoms with Crippen LogP contribution in [-0.2, 0) is 19.1 Å². The van der Waals surface area contributed by atoms with E-state index in [2.05, 4.69) is 26.8 Å². The van der Waals surface area contributed by atoms with Crippen molar-refractivity contribution in [1.82, 2.24) is 20.3 Å². The predicted octanol–water partition coefficient (Wildman–Crippen LogP) is 2.57. The van der Waals surface area contributed by atoms with Gasteiger partial charge in [-0.05, 0) is 43.5 Å². The Morgan fingerprint density at radius 1 is 1.17 bits per heavy atom. The van der Waals surface area contributed by atoms with Crippen molar-refractivity contribution < 1.29 is 29.0 Å². The second-order valence-corrected chi connectivity index (χ2v) is 7.83. The molecule has 1 aromatic carbocycles. The summed E-state index contributed by atoms with van der Waals surface area (Å²) in [5.41, 5.74) is 7.79. The average molecular weight is 496 g/mol. The lowest BCUT2D eigenvalue weighted by Gasteiger charge is -2.17. The molecule has 5 N–H and O–H groups in total. The predicted molar refractivity (Wildman–Crippen MR) is 132 cm³/mol. The molecule has 0 radical (unpaired) electrons. The number of amides is 1. The fourth-order valence-electron chi connectivity index (χ4n) is 3.81. The van der Waals surface area contributed by atoms with Crippen molar-refractivity contribution in [3.63, 3.8) is 0 Å². The SMILES string of the molecule is C=CC(c1ccc(C(=O)N[C@H](CCC(=O)OCC)C(=O)OCC)cc1)c1c[nH]c2nc(N)nc(O)c12. The van der Waals surface area contributed by atoms with Crippen molar-refractivity contribution in [1.29, 1.82) is 0 Å². The summed E-state index contributed by atoms with van der Waals surface area (Å²) in [5.74, 6) is -2.22. The molecule has 0 fully saturated rings. The van der Waals surface area contributed by atoms with Crippen LogP contribution in [-0.4, -0.2) is 57.2 Å². The summed E-state index contributed by atoms with van der Waals surface area (Å²) in [6, 6.07) is 5.71. The molecular formula is C25H29N5O6. The molecule has 36 heavy (non-hydrogen) atoms. The third kappa shape index (κ3) is 5.98. The number of aromatic hydroxyl groups is 1. The Balaban J connectivity index is 1.78. The number of aromatic amines is 1. The molecule has 190 valence electrons. The van der Waals surface area contributed by atoms with Gasteiger partial charge in [-0.1, -0.05) is 18.2 Å². The number of nitrogens with zero attached hydrogens (tertiary/aromatic N) is 2. The number of nitrogens with two attached hydrogens (primary N) is 1. The molecule has 11 heteroatoms. The van der Waals surface area contributed by atoms with Crippen LogP contribution >= 0.6 is 0 Å². The van der Waals surface area contributed by atoms with Gasteiger partial charge < -0.3 is 30.6 Å². The minimum atomic E-state index is -0.996. The van der Waals surface area contributed by atoms with Crippen molar-refractivity contribution in [3.8, 4) is 5.88 Å². The van der Waals surface area contributed by atoms with Gasteiger partial charge in [0.05, 0.1) is 18.6 Å². The lowest BCUT2D eigenvalue weighted by Crippen LogP contribution is -2.42. The molecule has 2 aromatic heterocycles. The largest absolute Gasteiger partial charge is 0.493 e. The zero-order valence-corrected chi connectivity index (χ0v) is 20.1. The van der Waals surface area contributed by atoms with E-state index >= 15 is 0 Å². The summed E-state index contributed by atoms with van der Waals surface area (Å²) in [6.45, 7) is 7.62. The molecule has 0 saturated carbocycles. The zero-order chi connectivity index (χ0) is 26.2. The molecule has 3 aromatic rings. The normalized spacial score (nSPS) is 12.5. The molecule has 11 nitrogen and oxygen atoms in total. The van der Waals surface area contributed by atoms with Crippen LogP contribution in [0.2, 0.25) is 0 Å². The first kappa shape index (κ1) is 26.2. The molecule has 0 aliphatic rings. The Bertz CT molecular complexity index is 1250. The lowest BCUT2D eigenvalue weighted by atomic mass is 9.91. The number of nitrogen functional groups attached to an aromatic ring is 1. The van der Waals surface area contributed by atoms with E-state index in [1.165, 1.54) is 0 Å². The van der Waals surface area contributed by atoms with E-state index in [0.717, 1.165) is 5.56 Å². The highest BCUT2D eigenvalue weighted by Crippen LogP contribution is 2.35. The third-order valence-electron chi connectivity index (χ3n) is 5.48. The summed E-state index contributed by atoms with van der Waals surface area (Å²) in [5, 5.41) is 13.4. The first-order valence-corrected chi connectivity index (χ1v) is 11.5. The fourth-order valence-corrected chi connectivity index (χ4v) is 3.81. The van der Waals surface area contributed by atoms with E-state index in [1.54, 1.807) is 50.4 Å². The highest BCUT2D eigenvalue weighted by Gasteiger charge is 2.25. The van der Waals surface area contributed by atoms with E-state index in [1.807, 2.05) is 0 Å². The lowest BCUT2D eigenvalue weighted by molar-refractivity contribution is -0.146. The van der Waals surface area contributed by atoms with E-state index in [4.69, 9.17) is 15.2 Å². The molecule has 0 aliphatic heterocycles. The maximum Gasteiger partial charge on any atom is 0.328 e. The number of anilines is 1. The van der Waals surface area contributed by atoms with Gasteiger partial charge in [-0.15, -0.1) is 6.58 Å². The van der Waals surface area contributed by atoms with Crippen molar-refractivity contribution in [3.05, 3.63) is 59.8 Å². The molecule has 3 rings (SSSR count). The number of H-pyrrole nitrogens is 1. The van der Waals surface area contributed by atoms with E-state index in [9.17, 15) is 19.5 Å². The number of carbonyl (C=O) groups excluding carboxylic acids is 3. The Morgan fingerprint density at radius 3 is 2.50 bits per heavy atom. The maximum absolute atomic E-state index is 12.8. The Kier molecular flexibility index (Phi) is 8.61. The van der Waals surface area contributed by atoms with Crippen LogP contribution in [0.3, 0.4) is 0 Å². The average Bonchev–Trinajstić information content (AvgIpc) is 3.26.